The number of rotatable bonds is 4. The summed E-state index contributed by atoms with van der Waals surface area (Å²) in [5, 5.41) is 11.5. The van der Waals surface area contributed by atoms with E-state index in [1.54, 1.807) is 0 Å². The first-order valence-corrected chi connectivity index (χ1v) is 18.9. The molecule has 0 aliphatic heterocycles. The third-order valence-electron chi connectivity index (χ3n) is 11.2. The van der Waals surface area contributed by atoms with E-state index in [1.165, 1.54) is 37.7 Å². The second-order valence-corrected chi connectivity index (χ2v) is 14.4. The van der Waals surface area contributed by atoms with Gasteiger partial charge >= 0.3 is 0 Å². The van der Waals surface area contributed by atoms with E-state index < -0.39 is 0 Å². The summed E-state index contributed by atoms with van der Waals surface area (Å²) in [6.45, 7) is 0. The van der Waals surface area contributed by atoms with Crippen molar-refractivity contribution in [2.75, 3.05) is 0 Å². The van der Waals surface area contributed by atoms with Crippen molar-refractivity contribution in [2.24, 2.45) is 0 Å². The second-order valence-electron chi connectivity index (χ2n) is 14.4. The number of benzene rings is 9. The van der Waals surface area contributed by atoms with Crippen LogP contribution in [0.25, 0.3) is 116 Å². The van der Waals surface area contributed by atoms with Gasteiger partial charge in [-0.3, -0.25) is 0 Å². The summed E-state index contributed by atoms with van der Waals surface area (Å²) >= 11 is 0. The molecule has 3 heterocycles. The summed E-state index contributed by atoms with van der Waals surface area (Å²) in [6, 6.07) is 63.9. The highest BCUT2D eigenvalue weighted by Crippen LogP contribution is 2.43. The van der Waals surface area contributed by atoms with Crippen molar-refractivity contribution in [3.05, 3.63) is 182 Å². The van der Waals surface area contributed by atoms with Crippen molar-refractivity contribution in [1.82, 2.24) is 19.5 Å². The zero-order valence-electron chi connectivity index (χ0n) is 30.0. The van der Waals surface area contributed by atoms with E-state index in [0.717, 1.165) is 60.7 Å². The topological polar surface area (TPSA) is 56.7 Å². The molecule has 260 valence electrons. The first-order chi connectivity index (χ1) is 27.7. The Morgan fingerprint density at radius 1 is 0.357 bits per heavy atom. The fraction of sp³-hybridized carbons (Fsp3) is 0. The van der Waals surface area contributed by atoms with Crippen LogP contribution in [0.2, 0.25) is 0 Å². The number of nitrogens with zero attached hydrogens (tertiary/aromatic N) is 4. The van der Waals surface area contributed by atoms with E-state index in [-0.39, 0.29) is 0 Å². The molecule has 12 aromatic rings. The molecule has 0 aliphatic carbocycles. The van der Waals surface area contributed by atoms with Crippen molar-refractivity contribution < 1.29 is 4.42 Å². The van der Waals surface area contributed by atoms with E-state index in [4.69, 9.17) is 19.4 Å². The summed E-state index contributed by atoms with van der Waals surface area (Å²) in [5.74, 6) is 1.73. The molecule has 0 bridgehead atoms. The van der Waals surface area contributed by atoms with Gasteiger partial charge < -0.3 is 8.98 Å². The van der Waals surface area contributed by atoms with E-state index >= 15 is 0 Å². The van der Waals surface area contributed by atoms with Crippen LogP contribution in [0.15, 0.2) is 186 Å². The molecule has 0 spiro atoms. The third kappa shape index (κ3) is 4.64. The molecule has 0 saturated carbocycles. The molecule has 0 atom stereocenters. The first-order valence-electron chi connectivity index (χ1n) is 18.9. The number of aromatic nitrogens is 4. The molecule has 0 unspecified atom stereocenters. The predicted octanol–water partition coefficient (Wildman–Crippen LogP) is 13.3. The Balaban J connectivity index is 1.19. The van der Waals surface area contributed by atoms with E-state index in [1.807, 2.05) is 30.3 Å². The SMILES string of the molecule is c1ccc(-c2nc(-c3ccc4c(ccc5ccccc54)c3)nc(-c3c(-n4c5ccccc5c5cc6ccccc6cc54)ccc4c3oc3ccccc34)n2)cc1. The van der Waals surface area contributed by atoms with Crippen molar-refractivity contribution >= 4 is 76.1 Å². The molecule has 0 N–H and O–H groups in total. The predicted molar refractivity (Wildman–Crippen MR) is 230 cm³/mol. The highest BCUT2D eigenvalue weighted by atomic mass is 16.3. The summed E-state index contributed by atoms with van der Waals surface area (Å²) < 4.78 is 9.20. The molecule has 0 amide bonds. The zero-order chi connectivity index (χ0) is 36.7. The highest BCUT2D eigenvalue weighted by Gasteiger charge is 2.25. The Bertz CT molecular complexity index is 3540. The molecule has 9 aromatic carbocycles. The Morgan fingerprint density at radius 3 is 1.84 bits per heavy atom. The summed E-state index contributed by atoms with van der Waals surface area (Å²) in [7, 11) is 0. The van der Waals surface area contributed by atoms with Gasteiger partial charge in [0.15, 0.2) is 17.5 Å². The molecule has 0 saturated heterocycles. The number of fused-ring (bicyclic) bond motifs is 10. The lowest BCUT2D eigenvalue weighted by Gasteiger charge is -2.15. The average molecular weight is 715 g/mol. The van der Waals surface area contributed by atoms with Crippen molar-refractivity contribution in [2.45, 2.75) is 0 Å². The van der Waals surface area contributed by atoms with Crippen LogP contribution in [-0.4, -0.2) is 19.5 Å². The minimum absolute atomic E-state index is 0.541. The summed E-state index contributed by atoms with van der Waals surface area (Å²) in [4.78, 5) is 15.8. The molecule has 0 fully saturated rings. The Labute approximate surface area is 320 Å². The van der Waals surface area contributed by atoms with Crippen LogP contribution in [0.3, 0.4) is 0 Å². The van der Waals surface area contributed by atoms with Gasteiger partial charge in [-0.1, -0.05) is 140 Å². The fourth-order valence-electron chi connectivity index (χ4n) is 8.58. The van der Waals surface area contributed by atoms with Crippen LogP contribution in [0, 0.1) is 0 Å². The third-order valence-corrected chi connectivity index (χ3v) is 11.2. The molecular weight excluding hydrogens is 685 g/mol. The number of hydrogen-bond donors (Lipinski definition) is 0. The van der Waals surface area contributed by atoms with Crippen LogP contribution >= 0.6 is 0 Å². The molecule has 3 aromatic heterocycles. The van der Waals surface area contributed by atoms with E-state index in [0.29, 0.717) is 17.5 Å². The summed E-state index contributed by atoms with van der Waals surface area (Å²) in [6.07, 6.45) is 0. The van der Waals surface area contributed by atoms with Gasteiger partial charge in [0.1, 0.15) is 11.2 Å². The van der Waals surface area contributed by atoms with Crippen LogP contribution in [0.5, 0.6) is 0 Å². The van der Waals surface area contributed by atoms with Gasteiger partial charge in [0.2, 0.25) is 0 Å². The van der Waals surface area contributed by atoms with E-state index in [2.05, 4.69) is 156 Å². The minimum Gasteiger partial charge on any atom is -0.455 e. The number of hydrogen-bond acceptors (Lipinski definition) is 4. The number of para-hydroxylation sites is 2. The molecule has 5 nitrogen and oxygen atoms in total. The molecule has 0 aliphatic rings. The van der Waals surface area contributed by atoms with Crippen molar-refractivity contribution in [3.8, 4) is 39.9 Å². The summed E-state index contributed by atoms with van der Waals surface area (Å²) in [5.41, 5.74) is 7.29. The molecule has 56 heavy (non-hydrogen) atoms. The second kappa shape index (κ2) is 11.9. The fourth-order valence-corrected chi connectivity index (χ4v) is 8.58. The standard InChI is InChI=1S/C51H30N4O/c1-2-13-32(14-3-1)49-52-50(36-24-25-38-35(28-36)23-22-31-12-6-7-17-37(31)38)54-51(53-49)47-44(27-26-41-40-19-9-11-21-46(40)56-48(41)47)55-43-20-10-8-18-39(43)42-29-33-15-4-5-16-34(33)30-45(42)55/h1-30H. The van der Waals surface area contributed by atoms with Crippen LogP contribution < -0.4 is 0 Å². The van der Waals surface area contributed by atoms with Crippen LogP contribution in [-0.2, 0) is 0 Å². The molecular formula is C51H30N4O. The zero-order valence-corrected chi connectivity index (χ0v) is 30.0. The number of furan rings is 1. The van der Waals surface area contributed by atoms with Crippen molar-refractivity contribution in [3.63, 3.8) is 0 Å². The Hall–Kier alpha value is -7.63. The highest BCUT2D eigenvalue weighted by molar-refractivity contribution is 6.16. The Morgan fingerprint density at radius 2 is 0.982 bits per heavy atom. The molecule has 12 rings (SSSR count). The van der Waals surface area contributed by atoms with Gasteiger partial charge in [0.25, 0.3) is 0 Å². The molecule has 5 heteroatoms. The van der Waals surface area contributed by atoms with E-state index in [9.17, 15) is 0 Å². The molecule has 0 radical (unpaired) electrons. The maximum atomic E-state index is 6.85. The van der Waals surface area contributed by atoms with Gasteiger partial charge in [0.05, 0.1) is 22.3 Å². The lowest BCUT2D eigenvalue weighted by molar-refractivity contribution is 0.669. The lowest BCUT2D eigenvalue weighted by Crippen LogP contribution is -2.04. The maximum Gasteiger partial charge on any atom is 0.170 e. The Kier molecular flexibility index (Phi) is 6.56. The first kappa shape index (κ1) is 30.8. The van der Waals surface area contributed by atoms with Gasteiger partial charge in [-0.05, 0) is 74.8 Å². The van der Waals surface area contributed by atoms with Crippen molar-refractivity contribution in [1.29, 1.82) is 0 Å². The maximum absolute atomic E-state index is 6.85. The van der Waals surface area contributed by atoms with Gasteiger partial charge in [-0.15, -0.1) is 0 Å². The van der Waals surface area contributed by atoms with Crippen LogP contribution in [0.1, 0.15) is 0 Å². The monoisotopic (exact) mass is 714 g/mol. The smallest absolute Gasteiger partial charge is 0.170 e. The van der Waals surface area contributed by atoms with Gasteiger partial charge in [-0.2, -0.15) is 0 Å². The lowest BCUT2D eigenvalue weighted by atomic mass is 10.00. The quantitative estimate of drug-likeness (QED) is 0.170. The average Bonchev–Trinajstić information content (AvgIpc) is 3.80. The largest absolute Gasteiger partial charge is 0.455 e. The minimum atomic E-state index is 0.541. The van der Waals surface area contributed by atoms with Crippen LogP contribution in [0.4, 0.5) is 0 Å². The normalized spacial score (nSPS) is 11.9. The van der Waals surface area contributed by atoms with Gasteiger partial charge in [-0.25, -0.2) is 15.0 Å². The van der Waals surface area contributed by atoms with Gasteiger partial charge in [0, 0.05) is 32.7 Å².